The number of ether oxygens (including phenoxy) is 6. The number of fused-ring (bicyclic) bond motifs is 21. The Kier molecular flexibility index (Phi) is 8.79. The molecule has 0 aromatic heterocycles. The third kappa shape index (κ3) is 6.10. The van der Waals surface area contributed by atoms with Crippen molar-refractivity contribution in [2.24, 2.45) is 0 Å². The topological polar surface area (TPSA) is 55.4 Å². The van der Waals surface area contributed by atoms with Gasteiger partial charge in [0.05, 0.1) is 0 Å². The van der Waals surface area contributed by atoms with Gasteiger partial charge < -0.3 is 28.4 Å². The van der Waals surface area contributed by atoms with E-state index in [0.717, 1.165) is 173 Å². The quantitative estimate of drug-likeness (QED) is 0.130. The first kappa shape index (κ1) is 43.8. The first-order valence-corrected chi connectivity index (χ1v) is 28.0. The minimum absolute atomic E-state index is 0.0527. The monoisotopic (exact) mass is 1030 g/mol. The maximum atomic E-state index is 7.55. The maximum absolute atomic E-state index is 7.55. The van der Waals surface area contributed by atoms with Gasteiger partial charge in [0, 0.05) is 32.9 Å². The van der Waals surface area contributed by atoms with Crippen LogP contribution in [-0.4, -0.2) is 26.2 Å². The Labute approximate surface area is 467 Å². The summed E-state index contributed by atoms with van der Waals surface area (Å²) in [5.74, 6) is 9.07. The fraction of sp³-hybridized carbons (Fsp3) is 0.0278. The Morgan fingerprint density at radius 2 is 0.728 bits per heavy atom. The highest BCUT2D eigenvalue weighted by molar-refractivity contribution is 6.99. The van der Waals surface area contributed by atoms with Crippen LogP contribution in [0.5, 0.6) is 57.5 Å². The molecule has 9 heteroatoms. The molecular formula is C72H41B3O6. The first-order chi connectivity index (χ1) is 40.1. The Morgan fingerprint density at radius 3 is 1.22 bits per heavy atom. The highest BCUT2D eigenvalue weighted by atomic mass is 16.5. The molecule has 0 amide bonds. The smallest absolute Gasteiger partial charge is 0.260 e. The lowest BCUT2D eigenvalue weighted by Gasteiger charge is -2.43. The molecule has 0 saturated heterocycles. The molecule has 2 unspecified atom stereocenters. The van der Waals surface area contributed by atoms with Gasteiger partial charge in [-0.1, -0.05) is 182 Å². The molecule has 0 N–H and O–H groups in total. The third-order valence-corrected chi connectivity index (χ3v) is 18.2. The summed E-state index contributed by atoms with van der Waals surface area (Å²) < 4.78 is 43.0. The van der Waals surface area contributed by atoms with Crippen molar-refractivity contribution in [2.75, 3.05) is 0 Å². The van der Waals surface area contributed by atoms with Crippen LogP contribution in [0, 0.1) is 0 Å². The average Bonchev–Trinajstić information content (AvgIpc) is 2.96. The number of allylic oxidation sites excluding steroid dienone is 2. The van der Waals surface area contributed by atoms with Crippen LogP contribution in [-0.2, 0) is 0 Å². The van der Waals surface area contributed by atoms with Gasteiger partial charge in [-0.3, -0.25) is 0 Å². The SMILES string of the molecule is C1=CC2Oc3c(ccc4c5c6c(ccc5c5c7c(ccc5c34)B3c4ccc(-c5ccccc5)cc4Oc4cccc(c43)O7)B3c4ccc(-c5ccccc5)cc4Oc4cccc(c43)O6)B3c4ccc(-c5ccccc5)cc4OC(=C1)C32. The van der Waals surface area contributed by atoms with Crippen LogP contribution >= 0.6 is 0 Å². The van der Waals surface area contributed by atoms with E-state index in [1.165, 1.54) is 0 Å². The lowest BCUT2D eigenvalue weighted by Crippen LogP contribution is -2.58. The summed E-state index contributed by atoms with van der Waals surface area (Å²) in [5.41, 5.74) is 15.4. The van der Waals surface area contributed by atoms with Crippen molar-refractivity contribution in [3.05, 3.63) is 242 Å². The predicted octanol–water partition coefficient (Wildman–Crippen LogP) is 12.2. The van der Waals surface area contributed by atoms with Gasteiger partial charge in [-0.25, -0.2) is 0 Å². The van der Waals surface area contributed by atoms with E-state index in [2.05, 4.69) is 224 Å². The average molecular weight is 1030 g/mol. The van der Waals surface area contributed by atoms with E-state index in [-0.39, 0.29) is 32.1 Å². The molecule has 12 aromatic rings. The highest BCUT2D eigenvalue weighted by Crippen LogP contribution is 2.52. The second kappa shape index (κ2) is 16.2. The zero-order valence-electron chi connectivity index (χ0n) is 43.4. The van der Waals surface area contributed by atoms with Crippen LogP contribution in [0.25, 0.3) is 65.7 Å². The largest absolute Gasteiger partial charge is 0.486 e. The molecule has 6 aliphatic heterocycles. The summed E-state index contributed by atoms with van der Waals surface area (Å²) in [6.07, 6.45) is 6.14. The second-order valence-corrected chi connectivity index (χ2v) is 22.3. The van der Waals surface area contributed by atoms with Crippen molar-refractivity contribution in [1.82, 2.24) is 0 Å². The van der Waals surface area contributed by atoms with Crippen molar-refractivity contribution < 1.29 is 28.4 Å². The number of hydrogen-bond donors (Lipinski definition) is 0. The van der Waals surface area contributed by atoms with E-state index >= 15 is 0 Å². The normalized spacial score (nSPS) is 16.4. The molecule has 81 heavy (non-hydrogen) atoms. The van der Waals surface area contributed by atoms with Gasteiger partial charge in [0.2, 0.25) is 6.71 Å². The number of benzene rings is 12. The molecule has 0 bridgehead atoms. The standard InChI is InChI=1S/C72H41B3O6/c1-4-13-40(14-5-1)43-25-31-49-61(37-43)76-55-19-10-22-58-67(55)73(49)52-34-28-46-64(70(52)79-58)47-29-35-53-72(81-60-24-12-21-57-69(60)74(53)50-32-26-44(38-62(50)78-57)41-15-6-2-7-16-41)66(47)48-30-36-54-71(65(46)48)80-59-23-11-20-56-68(59)75(54)51-33-27-45(39-63(51)77-56)42-17-8-3-9-18-42/h1-39,58,67H. The lowest BCUT2D eigenvalue weighted by molar-refractivity contribution is 0.221. The molecule has 0 fully saturated rings. The fourth-order valence-corrected chi connectivity index (χ4v) is 14.7. The summed E-state index contributed by atoms with van der Waals surface area (Å²) >= 11 is 0. The van der Waals surface area contributed by atoms with Crippen LogP contribution in [0.1, 0.15) is 0 Å². The van der Waals surface area contributed by atoms with Crippen LogP contribution in [0.3, 0.4) is 0 Å². The van der Waals surface area contributed by atoms with Gasteiger partial charge >= 0.3 is 0 Å². The van der Waals surface area contributed by atoms with E-state index in [1.807, 2.05) is 12.1 Å². The van der Waals surface area contributed by atoms with Gasteiger partial charge in [0.1, 0.15) is 69.4 Å². The third-order valence-electron chi connectivity index (χ3n) is 18.2. The van der Waals surface area contributed by atoms with Gasteiger partial charge in [-0.05, 0) is 137 Å². The molecule has 6 nitrogen and oxygen atoms in total. The molecule has 0 spiro atoms. The molecule has 2 atom stereocenters. The van der Waals surface area contributed by atoms with Crippen molar-refractivity contribution in [3.8, 4) is 90.9 Å². The minimum Gasteiger partial charge on any atom is -0.486 e. The molecule has 19 rings (SSSR count). The Morgan fingerprint density at radius 1 is 0.309 bits per heavy atom. The zero-order chi connectivity index (χ0) is 52.6. The van der Waals surface area contributed by atoms with E-state index in [4.69, 9.17) is 28.4 Å². The summed E-state index contributed by atoms with van der Waals surface area (Å²) in [5, 5.41) is 6.15. The van der Waals surface area contributed by atoms with Crippen molar-refractivity contribution in [1.29, 1.82) is 0 Å². The van der Waals surface area contributed by atoms with Gasteiger partial charge in [-0.2, -0.15) is 0 Å². The molecule has 1 aliphatic carbocycles. The van der Waals surface area contributed by atoms with E-state index < -0.39 is 0 Å². The molecule has 6 heterocycles. The lowest BCUT2D eigenvalue weighted by atomic mass is 9.30. The highest BCUT2D eigenvalue weighted by Gasteiger charge is 2.50. The van der Waals surface area contributed by atoms with Crippen LogP contribution in [0.4, 0.5) is 0 Å². The van der Waals surface area contributed by atoms with Crippen LogP contribution in [0.2, 0.25) is 5.82 Å². The van der Waals surface area contributed by atoms with Gasteiger partial charge in [0.15, 0.2) is 0 Å². The van der Waals surface area contributed by atoms with E-state index in [0.29, 0.717) is 0 Å². The Balaban J connectivity index is 0.890. The molecule has 0 radical (unpaired) electrons. The Bertz CT molecular complexity index is 4670. The van der Waals surface area contributed by atoms with Crippen molar-refractivity contribution in [2.45, 2.75) is 11.9 Å². The zero-order valence-corrected chi connectivity index (χ0v) is 43.4. The van der Waals surface area contributed by atoms with Crippen LogP contribution < -0.4 is 72.1 Å². The molecule has 0 saturated carbocycles. The second-order valence-electron chi connectivity index (χ2n) is 22.3. The number of rotatable bonds is 3. The van der Waals surface area contributed by atoms with E-state index in [9.17, 15) is 0 Å². The first-order valence-electron chi connectivity index (χ1n) is 28.0. The summed E-state index contributed by atoms with van der Waals surface area (Å²) in [6, 6.07) is 77.9. The van der Waals surface area contributed by atoms with Gasteiger partial charge in [0.25, 0.3) is 13.4 Å². The van der Waals surface area contributed by atoms with E-state index in [1.54, 1.807) is 0 Å². The minimum atomic E-state index is -0.287. The van der Waals surface area contributed by atoms with Crippen molar-refractivity contribution >= 4 is 96.2 Å². The summed E-state index contributed by atoms with van der Waals surface area (Å²) in [4.78, 5) is 0. The fourth-order valence-electron chi connectivity index (χ4n) is 14.7. The number of hydrogen-bond acceptors (Lipinski definition) is 6. The Hall–Kier alpha value is -10.1. The van der Waals surface area contributed by atoms with Gasteiger partial charge in [-0.15, -0.1) is 0 Å². The summed E-state index contributed by atoms with van der Waals surface area (Å²) in [6.45, 7) is -0.384. The maximum Gasteiger partial charge on any atom is 0.260 e. The molecule has 12 aromatic carbocycles. The van der Waals surface area contributed by atoms with Crippen molar-refractivity contribution in [3.63, 3.8) is 0 Å². The molecule has 7 aliphatic rings. The molecular weight excluding hydrogens is 993 g/mol. The molecule has 374 valence electrons. The summed E-state index contributed by atoms with van der Waals surface area (Å²) in [7, 11) is 0. The van der Waals surface area contributed by atoms with Crippen LogP contribution in [0.15, 0.2) is 242 Å². The predicted molar refractivity (Wildman–Crippen MR) is 328 cm³/mol.